The van der Waals surface area contributed by atoms with Gasteiger partial charge in [0.1, 0.15) is 5.75 Å². The molecular formula is C28H28N4O2S. The van der Waals surface area contributed by atoms with Crippen molar-refractivity contribution in [3.8, 4) is 22.8 Å². The zero-order valence-corrected chi connectivity index (χ0v) is 20.6. The third kappa shape index (κ3) is 5.25. The van der Waals surface area contributed by atoms with Crippen LogP contribution in [-0.2, 0) is 17.8 Å². The molecule has 0 N–H and O–H groups in total. The zero-order chi connectivity index (χ0) is 24.0. The third-order valence-electron chi connectivity index (χ3n) is 6.23. The quantitative estimate of drug-likeness (QED) is 0.248. The third-order valence-corrected chi connectivity index (χ3v) is 7.24. The summed E-state index contributed by atoms with van der Waals surface area (Å²) in [6, 6.07) is 26.4. The number of ether oxygens (including phenoxy) is 1. The molecule has 35 heavy (non-hydrogen) atoms. The number of para-hydroxylation sites is 1. The number of benzene rings is 3. The van der Waals surface area contributed by atoms with Gasteiger partial charge < -0.3 is 9.64 Å². The van der Waals surface area contributed by atoms with Gasteiger partial charge in [-0.25, -0.2) is 0 Å². The summed E-state index contributed by atoms with van der Waals surface area (Å²) < 4.78 is 7.47. The molecule has 0 saturated heterocycles. The fourth-order valence-electron chi connectivity index (χ4n) is 4.38. The van der Waals surface area contributed by atoms with E-state index in [4.69, 9.17) is 4.74 Å². The van der Waals surface area contributed by atoms with Crippen molar-refractivity contribution in [2.45, 2.75) is 31.0 Å². The number of aromatic nitrogens is 3. The molecule has 0 aliphatic carbocycles. The maximum absolute atomic E-state index is 12.8. The molecule has 1 aliphatic heterocycles. The summed E-state index contributed by atoms with van der Waals surface area (Å²) in [5.41, 5.74) is 4.57. The molecule has 178 valence electrons. The summed E-state index contributed by atoms with van der Waals surface area (Å²) >= 11 is 1.63. The van der Waals surface area contributed by atoms with Crippen molar-refractivity contribution in [2.24, 2.45) is 0 Å². The van der Waals surface area contributed by atoms with Crippen LogP contribution in [0.5, 0.6) is 5.75 Å². The lowest BCUT2D eigenvalue weighted by Gasteiger charge is -2.29. The molecule has 1 aromatic heterocycles. The number of hydrogen-bond acceptors (Lipinski definition) is 5. The molecule has 0 fully saturated rings. The second kappa shape index (κ2) is 10.8. The van der Waals surface area contributed by atoms with E-state index >= 15 is 0 Å². The summed E-state index contributed by atoms with van der Waals surface area (Å²) in [4.78, 5) is 14.8. The van der Waals surface area contributed by atoms with Crippen molar-refractivity contribution < 1.29 is 9.53 Å². The highest BCUT2D eigenvalue weighted by atomic mass is 32.2. The van der Waals surface area contributed by atoms with E-state index in [0.29, 0.717) is 13.0 Å². The van der Waals surface area contributed by atoms with Crippen LogP contribution in [0, 0.1) is 0 Å². The number of carbonyl (C=O) groups excluding carboxylic acids is 1. The first-order valence-corrected chi connectivity index (χ1v) is 12.8. The van der Waals surface area contributed by atoms with Gasteiger partial charge in [0.2, 0.25) is 5.91 Å². The molecule has 0 radical (unpaired) electrons. The van der Waals surface area contributed by atoms with Crippen molar-refractivity contribution in [1.82, 2.24) is 19.7 Å². The van der Waals surface area contributed by atoms with E-state index in [-0.39, 0.29) is 5.91 Å². The molecule has 4 aromatic rings. The van der Waals surface area contributed by atoms with Gasteiger partial charge in [-0.15, -0.1) is 10.2 Å². The lowest BCUT2D eigenvalue weighted by Crippen LogP contribution is -2.35. The van der Waals surface area contributed by atoms with Crippen LogP contribution in [0.2, 0.25) is 0 Å². The first kappa shape index (κ1) is 23.2. The first-order chi connectivity index (χ1) is 17.2. The number of thioether (sulfide) groups is 1. The molecule has 7 heteroatoms. The molecule has 2 heterocycles. The Morgan fingerprint density at radius 3 is 2.60 bits per heavy atom. The van der Waals surface area contributed by atoms with Crippen molar-refractivity contribution in [3.63, 3.8) is 0 Å². The molecule has 0 spiro atoms. The fourth-order valence-corrected chi connectivity index (χ4v) is 5.27. The number of amides is 1. The number of methoxy groups -OCH3 is 1. The maximum atomic E-state index is 12.8. The van der Waals surface area contributed by atoms with Gasteiger partial charge in [0.25, 0.3) is 0 Å². The Labute approximate surface area is 210 Å². The number of hydrogen-bond donors (Lipinski definition) is 0. The monoisotopic (exact) mass is 484 g/mol. The Kier molecular flexibility index (Phi) is 7.14. The van der Waals surface area contributed by atoms with E-state index in [9.17, 15) is 4.79 Å². The largest absolute Gasteiger partial charge is 0.497 e. The van der Waals surface area contributed by atoms with Gasteiger partial charge in [0, 0.05) is 36.5 Å². The summed E-state index contributed by atoms with van der Waals surface area (Å²) in [6.07, 6.45) is 2.26. The standard InChI is InChI=1S/C28H28N4O2S/c1-34-25-14-7-11-22(19-25)27-29-30-28(32(27)24-12-3-2-4-13-24)35-18-8-15-26(33)31-17-16-21-9-5-6-10-23(21)20-31/h2-7,9-14,19H,8,15-18,20H2,1H3. The maximum Gasteiger partial charge on any atom is 0.222 e. The molecule has 3 aromatic carbocycles. The second-order valence-electron chi connectivity index (χ2n) is 8.50. The normalized spacial score (nSPS) is 12.9. The molecule has 1 aliphatic rings. The molecule has 6 nitrogen and oxygen atoms in total. The lowest BCUT2D eigenvalue weighted by molar-refractivity contribution is -0.132. The minimum Gasteiger partial charge on any atom is -0.497 e. The SMILES string of the molecule is COc1cccc(-c2nnc(SCCCC(=O)N3CCc4ccccc4C3)n2-c2ccccc2)c1. The zero-order valence-electron chi connectivity index (χ0n) is 19.8. The Hall–Kier alpha value is -3.58. The van der Waals surface area contributed by atoms with Crippen molar-refractivity contribution in [2.75, 3.05) is 19.4 Å². The Balaban J connectivity index is 1.26. The highest BCUT2D eigenvalue weighted by Gasteiger charge is 2.20. The van der Waals surface area contributed by atoms with Gasteiger partial charge in [-0.2, -0.15) is 0 Å². The average Bonchev–Trinajstić information content (AvgIpc) is 3.35. The minimum atomic E-state index is 0.224. The van der Waals surface area contributed by atoms with Gasteiger partial charge in [-0.3, -0.25) is 9.36 Å². The molecule has 0 saturated carbocycles. The van der Waals surface area contributed by atoms with Crippen molar-refractivity contribution in [3.05, 3.63) is 90.0 Å². The number of carbonyl (C=O) groups is 1. The van der Waals surface area contributed by atoms with Crippen molar-refractivity contribution in [1.29, 1.82) is 0 Å². The average molecular weight is 485 g/mol. The second-order valence-corrected chi connectivity index (χ2v) is 9.56. The van der Waals surface area contributed by atoms with E-state index in [1.807, 2.05) is 53.4 Å². The van der Waals surface area contributed by atoms with Crippen LogP contribution in [0.25, 0.3) is 17.1 Å². The van der Waals surface area contributed by atoms with Crippen LogP contribution in [0.1, 0.15) is 24.0 Å². The van der Waals surface area contributed by atoms with Crippen LogP contribution in [0.3, 0.4) is 0 Å². The van der Waals surface area contributed by atoms with Gasteiger partial charge in [-0.1, -0.05) is 66.4 Å². The summed E-state index contributed by atoms with van der Waals surface area (Å²) in [6.45, 7) is 1.52. The lowest BCUT2D eigenvalue weighted by atomic mass is 10.00. The van der Waals surface area contributed by atoms with E-state index < -0.39 is 0 Å². The van der Waals surface area contributed by atoms with Crippen LogP contribution in [-0.4, -0.2) is 45.0 Å². The van der Waals surface area contributed by atoms with Crippen molar-refractivity contribution >= 4 is 17.7 Å². The first-order valence-electron chi connectivity index (χ1n) is 11.9. The number of rotatable bonds is 8. The summed E-state index contributed by atoms with van der Waals surface area (Å²) in [5, 5.41) is 9.82. The van der Waals surface area contributed by atoms with Gasteiger partial charge in [0.05, 0.1) is 7.11 Å². The Bertz CT molecular complexity index is 1310. The van der Waals surface area contributed by atoms with Gasteiger partial charge >= 0.3 is 0 Å². The predicted molar refractivity (Wildman–Crippen MR) is 139 cm³/mol. The predicted octanol–water partition coefficient (Wildman–Crippen LogP) is 5.40. The number of nitrogens with zero attached hydrogens (tertiary/aromatic N) is 4. The van der Waals surface area contributed by atoms with Crippen LogP contribution >= 0.6 is 11.8 Å². The summed E-state index contributed by atoms with van der Waals surface area (Å²) in [7, 11) is 1.66. The molecular weight excluding hydrogens is 456 g/mol. The molecule has 0 unspecified atom stereocenters. The van der Waals surface area contributed by atoms with E-state index in [0.717, 1.165) is 53.1 Å². The van der Waals surface area contributed by atoms with Crippen LogP contribution in [0.4, 0.5) is 0 Å². The highest BCUT2D eigenvalue weighted by Crippen LogP contribution is 2.30. The highest BCUT2D eigenvalue weighted by molar-refractivity contribution is 7.99. The molecule has 0 bridgehead atoms. The van der Waals surface area contributed by atoms with E-state index in [2.05, 4.69) is 45.1 Å². The topological polar surface area (TPSA) is 60.3 Å². The fraction of sp³-hybridized carbons (Fsp3) is 0.250. The minimum absolute atomic E-state index is 0.224. The molecule has 5 rings (SSSR count). The van der Waals surface area contributed by atoms with E-state index in [1.165, 1.54) is 11.1 Å². The Morgan fingerprint density at radius 2 is 1.77 bits per heavy atom. The Morgan fingerprint density at radius 1 is 0.971 bits per heavy atom. The number of fused-ring (bicyclic) bond motifs is 1. The summed E-state index contributed by atoms with van der Waals surface area (Å²) in [5.74, 6) is 2.56. The molecule has 1 amide bonds. The van der Waals surface area contributed by atoms with Crippen LogP contribution in [0.15, 0.2) is 84.0 Å². The van der Waals surface area contributed by atoms with Crippen LogP contribution < -0.4 is 4.74 Å². The van der Waals surface area contributed by atoms with E-state index in [1.54, 1.807) is 18.9 Å². The van der Waals surface area contributed by atoms with Gasteiger partial charge in [0.15, 0.2) is 11.0 Å². The van der Waals surface area contributed by atoms with Gasteiger partial charge in [-0.05, 0) is 48.2 Å². The smallest absolute Gasteiger partial charge is 0.222 e. The molecule has 0 atom stereocenters.